The summed E-state index contributed by atoms with van der Waals surface area (Å²) in [6.45, 7) is 0. The molecule has 0 N–H and O–H groups in total. The Balaban J connectivity index is 0.00000128. The van der Waals surface area contributed by atoms with Gasteiger partial charge in [0, 0.05) is 51.4 Å². The number of hydrogen-bond acceptors (Lipinski definition) is 3. The van der Waals surface area contributed by atoms with Gasteiger partial charge in [-0.3, -0.25) is 4.89 Å². The Hall–Kier alpha value is 0.0564. The average molecular weight is 262 g/mol. The molecule has 3 nitrogen and oxygen atoms in total. The number of hydrogen-bond donors (Lipinski definition) is 0. The number of carbonyl (C=O) groups excluding carboxylic acids is 1. The second-order valence-electron chi connectivity index (χ2n) is 2.96. The summed E-state index contributed by atoms with van der Waals surface area (Å²) in [6.07, 6.45) is 0. The van der Waals surface area contributed by atoms with E-state index in [1.54, 1.807) is 12.1 Å². The van der Waals surface area contributed by atoms with Gasteiger partial charge in [0.1, 0.15) is 11.9 Å². The second kappa shape index (κ2) is 6.71. The smallest absolute Gasteiger partial charge is 0.275 e. The fraction of sp³-hybridized carbons (Fsp3) is 0. The van der Waals surface area contributed by atoms with Crippen LogP contribution in [0.4, 0.5) is 0 Å². The molecule has 0 heterocycles. The molecular formula is C11H7ClKO3. The van der Waals surface area contributed by atoms with Crippen molar-refractivity contribution in [3.05, 3.63) is 48.0 Å². The third-order valence-corrected chi connectivity index (χ3v) is 2.18. The summed E-state index contributed by atoms with van der Waals surface area (Å²) >= 11 is 4.85. The van der Waals surface area contributed by atoms with Gasteiger partial charge in [0.05, 0.1) is 5.56 Å². The first-order chi connectivity index (χ1) is 7.33. The molecule has 0 bridgehead atoms. The molecule has 2 aromatic rings. The molecule has 0 aliphatic carbocycles. The van der Waals surface area contributed by atoms with Crippen LogP contribution in [0.1, 0.15) is 10.4 Å². The van der Waals surface area contributed by atoms with Crippen LogP contribution in [0.5, 0.6) is 0 Å². The molecule has 5 heteroatoms. The zero-order valence-electron chi connectivity index (χ0n) is 8.64. The Morgan fingerprint density at radius 2 is 1.75 bits per heavy atom. The maximum absolute atomic E-state index is 11.4. The minimum absolute atomic E-state index is 0. The minimum Gasteiger partial charge on any atom is -0.275 e. The first kappa shape index (κ1) is 14.1. The van der Waals surface area contributed by atoms with E-state index in [1.165, 1.54) is 0 Å². The summed E-state index contributed by atoms with van der Waals surface area (Å²) in [5.41, 5.74) is 0.425. The van der Waals surface area contributed by atoms with Crippen LogP contribution in [0.3, 0.4) is 0 Å². The molecule has 0 atom stereocenters. The Bertz CT molecular complexity index is 496. The van der Waals surface area contributed by atoms with Crippen molar-refractivity contribution in [3.63, 3.8) is 0 Å². The molecule has 0 amide bonds. The monoisotopic (exact) mass is 261 g/mol. The molecule has 0 aliphatic heterocycles. The molecule has 0 spiro atoms. The molecule has 0 aliphatic rings. The van der Waals surface area contributed by atoms with E-state index >= 15 is 0 Å². The standard InChI is InChI=1S/C11H7ClO3.K/c12-15-14-11(13)10-7-3-5-8-4-1-2-6-9(8)10;/h1-7H;. The van der Waals surface area contributed by atoms with Crippen LogP contribution in [0.15, 0.2) is 42.5 Å². The van der Waals surface area contributed by atoms with Gasteiger partial charge >= 0.3 is 5.97 Å². The Kier molecular flexibility index (Phi) is 5.92. The van der Waals surface area contributed by atoms with E-state index in [0.717, 1.165) is 10.8 Å². The number of fused-ring (bicyclic) bond motifs is 1. The van der Waals surface area contributed by atoms with Crippen molar-refractivity contribution in [2.75, 3.05) is 0 Å². The van der Waals surface area contributed by atoms with E-state index in [0.29, 0.717) is 5.56 Å². The molecule has 16 heavy (non-hydrogen) atoms. The molecule has 0 fully saturated rings. The topological polar surface area (TPSA) is 35.5 Å². The summed E-state index contributed by atoms with van der Waals surface area (Å²) in [5.74, 6) is -0.609. The first-order valence-electron chi connectivity index (χ1n) is 4.30. The second-order valence-corrected chi connectivity index (χ2v) is 3.09. The Morgan fingerprint density at radius 1 is 1.06 bits per heavy atom. The summed E-state index contributed by atoms with van der Waals surface area (Å²) in [7, 11) is 0. The predicted molar refractivity (Wildman–Crippen MR) is 62.1 cm³/mol. The summed E-state index contributed by atoms with van der Waals surface area (Å²) in [5, 5.41) is 1.76. The van der Waals surface area contributed by atoms with Crippen LogP contribution < -0.4 is 0 Å². The third-order valence-electron chi connectivity index (χ3n) is 2.12. The average Bonchev–Trinajstić information content (AvgIpc) is 2.28. The van der Waals surface area contributed by atoms with Crippen LogP contribution in [-0.4, -0.2) is 57.4 Å². The van der Waals surface area contributed by atoms with Crippen molar-refractivity contribution in [2.45, 2.75) is 0 Å². The van der Waals surface area contributed by atoms with Crippen LogP contribution >= 0.6 is 11.9 Å². The van der Waals surface area contributed by atoms with Gasteiger partial charge in [0.25, 0.3) is 0 Å². The summed E-state index contributed by atoms with van der Waals surface area (Å²) in [6, 6.07) is 12.8. The van der Waals surface area contributed by atoms with Gasteiger partial charge in [-0.1, -0.05) is 40.8 Å². The van der Waals surface area contributed by atoms with E-state index in [9.17, 15) is 4.79 Å². The van der Waals surface area contributed by atoms with Gasteiger partial charge in [-0.25, -0.2) is 4.79 Å². The van der Waals surface area contributed by atoms with E-state index in [-0.39, 0.29) is 51.4 Å². The zero-order valence-corrected chi connectivity index (χ0v) is 12.5. The number of halogens is 1. The summed E-state index contributed by atoms with van der Waals surface area (Å²) in [4.78, 5) is 15.7. The van der Waals surface area contributed by atoms with Gasteiger partial charge < -0.3 is 0 Å². The molecular weight excluding hydrogens is 255 g/mol. The molecule has 0 saturated carbocycles. The maximum Gasteiger partial charge on any atom is 0.375 e. The van der Waals surface area contributed by atoms with E-state index in [2.05, 4.69) is 9.33 Å². The van der Waals surface area contributed by atoms with Crippen molar-refractivity contribution in [1.82, 2.24) is 0 Å². The van der Waals surface area contributed by atoms with Crippen LogP contribution in [0.2, 0.25) is 0 Å². The fourth-order valence-corrected chi connectivity index (χ4v) is 1.53. The van der Waals surface area contributed by atoms with Crippen molar-refractivity contribution in [1.29, 1.82) is 0 Å². The van der Waals surface area contributed by atoms with Crippen molar-refractivity contribution in [2.24, 2.45) is 0 Å². The number of benzene rings is 2. The van der Waals surface area contributed by atoms with Gasteiger partial charge in [0.2, 0.25) is 0 Å². The Morgan fingerprint density at radius 3 is 2.50 bits per heavy atom. The van der Waals surface area contributed by atoms with Gasteiger partial charge in [-0.05, 0) is 16.8 Å². The van der Waals surface area contributed by atoms with E-state index in [1.807, 2.05) is 30.3 Å². The zero-order chi connectivity index (χ0) is 10.7. The number of rotatable bonds is 2. The largest absolute Gasteiger partial charge is 0.375 e. The molecule has 0 unspecified atom stereocenters. The quantitative estimate of drug-likeness (QED) is 0.474. The third kappa shape index (κ3) is 3.04. The SMILES string of the molecule is O=C(OOCl)c1cccc2ccccc12.[K]. The van der Waals surface area contributed by atoms with Gasteiger partial charge in [-0.15, -0.1) is 0 Å². The van der Waals surface area contributed by atoms with Gasteiger partial charge in [0.15, 0.2) is 0 Å². The normalized spacial score (nSPS) is 9.56. The summed E-state index contributed by atoms with van der Waals surface area (Å²) < 4.78 is 3.83. The van der Waals surface area contributed by atoms with E-state index < -0.39 is 5.97 Å². The van der Waals surface area contributed by atoms with Crippen LogP contribution in [0.25, 0.3) is 10.8 Å². The fourth-order valence-electron chi connectivity index (χ4n) is 1.48. The predicted octanol–water partition coefficient (Wildman–Crippen LogP) is 2.70. The molecule has 1 radical (unpaired) electrons. The van der Waals surface area contributed by atoms with Crippen molar-refractivity contribution in [3.8, 4) is 0 Å². The molecule has 77 valence electrons. The molecule has 2 rings (SSSR count). The maximum atomic E-state index is 11.4. The van der Waals surface area contributed by atoms with E-state index in [4.69, 9.17) is 11.9 Å². The number of carbonyl (C=O) groups is 1. The minimum atomic E-state index is -0.609. The van der Waals surface area contributed by atoms with Crippen LogP contribution in [-0.2, 0) is 9.33 Å². The Labute approximate surface area is 140 Å². The van der Waals surface area contributed by atoms with Crippen LogP contribution in [0, 0.1) is 0 Å². The first-order valence-corrected chi connectivity index (χ1v) is 4.61. The van der Waals surface area contributed by atoms with Crippen molar-refractivity contribution < 1.29 is 14.1 Å². The molecule has 0 aromatic heterocycles. The van der Waals surface area contributed by atoms with Gasteiger partial charge in [-0.2, -0.15) is 0 Å². The molecule has 0 saturated heterocycles. The van der Waals surface area contributed by atoms with Crippen molar-refractivity contribution >= 4 is 80.0 Å². The molecule has 2 aromatic carbocycles.